The first-order chi connectivity index (χ1) is 12.4. The average Bonchev–Trinajstić information content (AvgIpc) is 2.86. The molecule has 26 heavy (non-hydrogen) atoms. The molecule has 2 fully saturated rings. The number of benzene rings is 1. The number of fused-ring (bicyclic) bond motifs is 5. The van der Waals surface area contributed by atoms with Crippen LogP contribution in [0.4, 0.5) is 0 Å². The Morgan fingerprint density at radius 2 is 2.15 bits per heavy atom. The highest BCUT2D eigenvalue weighted by Crippen LogP contribution is 2.64. The van der Waals surface area contributed by atoms with Crippen molar-refractivity contribution in [3.8, 4) is 17.0 Å². The number of hydrogen-bond donors (Lipinski definition) is 2. The van der Waals surface area contributed by atoms with E-state index in [1.807, 2.05) is 13.0 Å². The molecule has 4 heteroatoms. The smallest absolute Gasteiger partial charge is 0.132 e. The molecule has 0 heterocycles. The van der Waals surface area contributed by atoms with Crippen LogP contribution in [0, 0.1) is 28.6 Å². The molecule has 0 aromatic heterocycles. The number of phenols is 1. The first-order valence-electron chi connectivity index (χ1n) is 9.72. The first kappa shape index (κ1) is 18.2. The molecule has 0 bridgehead atoms. The van der Waals surface area contributed by atoms with E-state index in [0.717, 1.165) is 25.7 Å². The van der Waals surface area contributed by atoms with Gasteiger partial charge in [-0.3, -0.25) is 0 Å². The molecule has 3 aliphatic rings. The van der Waals surface area contributed by atoms with Gasteiger partial charge in [-0.15, -0.1) is 0 Å². The van der Waals surface area contributed by atoms with Crippen molar-refractivity contribution >= 4 is 11.6 Å². The van der Waals surface area contributed by atoms with Crippen molar-refractivity contribution in [2.24, 2.45) is 17.3 Å². The topological polar surface area (TPSA) is 49.7 Å². The van der Waals surface area contributed by atoms with E-state index in [0.29, 0.717) is 36.5 Å². The van der Waals surface area contributed by atoms with Crippen molar-refractivity contribution in [2.75, 3.05) is 6.61 Å². The van der Waals surface area contributed by atoms with Crippen LogP contribution in [0.1, 0.15) is 56.6 Å². The summed E-state index contributed by atoms with van der Waals surface area (Å²) in [6, 6.07) is 5.78. The number of rotatable bonds is 2. The van der Waals surface area contributed by atoms with E-state index in [1.54, 1.807) is 6.07 Å². The lowest BCUT2D eigenvalue weighted by Crippen LogP contribution is -2.55. The number of aryl methyl sites for hydroxylation is 1. The van der Waals surface area contributed by atoms with Gasteiger partial charge in [0.15, 0.2) is 0 Å². The number of aliphatic hydroxyl groups is 1. The van der Waals surface area contributed by atoms with E-state index in [-0.39, 0.29) is 11.5 Å². The lowest BCUT2D eigenvalue weighted by Gasteiger charge is -2.55. The molecule has 1 aromatic rings. The lowest BCUT2D eigenvalue weighted by atomic mass is 9.52. The number of hydrogen-bond acceptors (Lipinski definition) is 3. The largest absolute Gasteiger partial charge is 0.508 e. The zero-order valence-electron chi connectivity index (χ0n) is 15.5. The molecule has 0 spiro atoms. The van der Waals surface area contributed by atoms with Crippen LogP contribution in [0.5, 0.6) is 5.75 Å². The van der Waals surface area contributed by atoms with Crippen molar-refractivity contribution in [3.63, 3.8) is 0 Å². The monoisotopic (exact) mass is 374 g/mol. The standard InChI is InChI=1S/C22H27ClO3/c1-3-26-19-13-21(2)18(8-9-22(21,25)10-11-23)17-6-4-14-12-15(24)5-7-16(14)20(17)19/h5,7,12,17-20,24-25H,3-4,6,8-9,13H2,1-2H3/t17-,18-,19-,20+,21-,22+/m0/s1. The molecule has 2 saturated carbocycles. The summed E-state index contributed by atoms with van der Waals surface area (Å²) in [4.78, 5) is 0. The highest BCUT2D eigenvalue weighted by atomic mass is 35.5. The van der Waals surface area contributed by atoms with Crippen molar-refractivity contribution in [3.05, 3.63) is 29.3 Å². The average molecular weight is 375 g/mol. The fourth-order valence-corrected chi connectivity index (χ4v) is 6.44. The molecule has 2 N–H and O–H groups in total. The fourth-order valence-electron chi connectivity index (χ4n) is 6.28. The lowest BCUT2D eigenvalue weighted by molar-refractivity contribution is -0.124. The SMILES string of the molecule is CCO[C@H]1C[C@@]2(C)[C@@H](CC[C@@]2(O)C#CCl)[C@@H]2CCc3cc(O)ccc3[C@H]21. The van der Waals surface area contributed by atoms with Gasteiger partial charge in [0.05, 0.1) is 6.10 Å². The van der Waals surface area contributed by atoms with Gasteiger partial charge < -0.3 is 14.9 Å². The van der Waals surface area contributed by atoms with Crippen LogP contribution < -0.4 is 0 Å². The van der Waals surface area contributed by atoms with E-state index in [9.17, 15) is 10.2 Å². The van der Waals surface area contributed by atoms with Crippen molar-refractivity contribution in [1.82, 2.24) is 0 Å². The quantitative estimate of drug-likeness (QED) is 0.763. The minimum absolute atomic E-state index is 0.0524. The van der Waals surface area contributed by atoms with Gasteiger partial charge in [0.2, 0.25) is 0 Å². The summed E-state index contributed by atoms with van der Waals surface area (Å²) >= 11 is 5.71. The maximum Gasteiger partial charge on any atom is 0.132 e. The van der Waals surface area contributed by atoms with Gasteiger partial charge in [-0.1, -0.05) is 18.9 Å². The van der Waals surface area contributed by atoms with Crippen LogP contribution in [-0.2, 0) is 11.2 Å². The zero-order chi connectivity index (χ0) is 18.5. The van der Waals surface area contributed by atoms with Gasteiger partial charge >= 0.3 is 0 Å². The molecule has 4 rings (SSSR count). The number of aromatic hydroxyl groups is 1. The molecule has 140 valence electrons. The van der Waals surface area contributed by atoms with E-state index < -0.39 is 5.60 Å². The Labute approximate surface area is 160 Å². The van der Waals surface area contributed by atoms with E-state index in [2.05, 4.69) is 24.3 Å². The van der Waals surface area contributed by atoms with Crippen molar-refractivity contribution < 1.29 is 14.9 Å². The van der Waals surface area contributed by atoms with E-state index in [4.69, 9.17) is 16.3 Å². The minimum Gasteiger partial charge on any atom is -0.508 e. The van der Waals surface area contributed by atoms with E-state index >= 15 is 0 Å². The Balaban J connectivity index is 1.79. The summed E-state index contributed by atoms with van der Waals surface area (Å²) < 4.78 is 6.23. The Bertz CT molecular complexity index is 766. The Hall–Kier alpha value is -1.21. The molecular formula is C22H27ClO3. The summed E-state index contributed by atoms with van der Waals surface area (Å²) in [7, 11) is 0. The second kappa shape index (κ2) is 6.44. The summed E-state index contributed by atoms with van der Waals surface area (Å²) in [5.41, 5.74) is 1.23. The number of phenolic OH excluding ortho intramolecular Hbond substituents is 1. The second-order valence-corrected chi connectivity index (χ2v) is 8.64. The summed E-state index contributed by atoms with van der Waals surface area (Å²) in [5.74, 6) is 4.46. The molecule has 0 amide bonds. The van der Waals surface area contributed by atoms with Gasteiger partial charge in [0.1, 0.15) is 11.4 Å². The molecule has 0 unspecified atom stereocenters. The fraction of sp³-hybridized carbons (Fsp3) is 0.636. The Morgan fingerprint density at radius 1 is 1.35 bits per heavy atom. The Kier molecular flexibility index (Phi) is 4.50. The molecule has 1 aromatic carbocycles. The van der Waals surface area contributed by atoms with Crippen molar-refractivity contribution in [1.29, 1.82) is 0 Å². The summed E-state index contributed by atoms with van der Waals surface area (Å²) in [6.07, 6.45) is 4.53. The number of ether oxygens (including phenoxy) is 1. The third-order valence-corrected chi connectivity index (χ3v) is 7.55. The predicted molar refractivity (Wildman–Crippen MR) is 102 cm³/mol. The van der Waals surface area contributed by atoms with Crippen LogP contribution in [0.2, 0.25) is 0 Å². The predicted octanol–water partition coefficient (Wildman–Crippen LogP) is 4.19. The van der Waals surface area contributed by atoms with Crippen LogP contribution in [0.25, 0.3) is 0 Å². The molecule has 0 aliphatic heterocycles. The molecular weight excluding hydrogens is 348 g/mol. The highest BCUT2D eigenvalue weighted by Gasteiger charge is 2.63. The van der Waals surface area contributed by atoms with E-state index in [1.165, 1.54) is 11.1 Å². The molecule has 6 atom stereocenters. The van der Waals surface area contributed by atoms with Gasteiger partial charge in [-0.25, -0.2) is 0 Å². The van der Waals surface area contributed by atoms with Crippen molar-refractivity contribution in [2.45, 2.75) is 63.6 Å². The molecule has 0 saturated heterocycles. The first-order valence-corrected chi connectivity index (χ1v) is 10.1. The molecule has 0 radical (unpaired) electrons. The van der Waals surface area contributed by atoms with Crippen LogP contribution in [0.3, 0.4) is 0 Å². The summed E-state index contributed by atoms with van der Waals surface area (Å²) in [5, 5.41) is 23.6. The molecule has 3 aliphatic carbocycles. The highest BCUT2D eigenvalue weighted by molar-refractivity contribution is 6.30. The van der Waals surface area contributed by atoms with Crippen LogP contribution >= 0.6 is 11.6 Å². The maximum absolute atomic E-state index is 11.3. The van der Waals surface area contributed by atoms with Gasteiger partial charge in [0.25, 0.3) is 0 Å². The summed E-state index contributed by atoms with van der Waals surface area (Å²) in [6.45, 7) is 4.87. The normalized spacial score (nSPS) is 40.8. The zero-order valence-corrected chi connectivity index (χ0v) is 16.2. The van der Waals surface area contributed by atoms with Crippen LogP contribution in [0.15, 0.2) is 18.2 Å². The van der Waals surface area contributed by atoms with Gasteiger partial charge in [-0.2, -0.15) is 0 Å². The number of halogens is 1. The second-order valence-electron chi connectivity index (χ2n) is 8.45. The Morgan fingerprint density at radius 3 is 2.88 bits per heavy atom. The minimum atomic E-state index is -1.03. The third kappa shape index (κ3) is 2.50. The van der Waals surface area contributed by atoms with Crippen LogP contribution in [-0.4, -0.2) is 28.5 Å². The molecule has 3 nitrogen and oxygen atoms in total. The third-order valence-electron chi connectivity index (χ3n) is 7.45. The maximum atomic E-state index is 11.3. The van der Waals surface area contributed by atoms with Gasteiger partial charge in [-0.05, 0) is 85.7 Å². The van der Waals surface area contributed by atoms with Gasteiger partial charge in [0, 0.05) is 23.3 Å².